The largest absolute Gasteiger partial charge is 0.433 e. The van der Waals surface area contributed by atoms with Crippen molar-refractivity contribution >= 4 is 22.9 Å². The topological polar surface area (TPSA) is 62.5 Å². The van der Waals surface area contributed by atoms with Crippen molar-refractivity contribution in [3.8, 4) is 10.6 Å². The van der Waals surface area contributed by atoms with Crippen molar-refractivity contribution in [2.75, 3.05) is 7.05 Å². The molecular weight excluding hydrogens is 439 g/mol. The van der Waals surface area contributed by atoms with Crippen LogP contribution in [0.1, 0.15) is 53.7 Å². The SMILES string of the molecule is CCc1ccc(-c2cc(C(F)(F)F)n3nc(C(=O)NC4C[C@H]5CC[C@@H](C4)N5C)cc3n2)s1. The van der Waals surface area contributed by atoms with Crippen LogP contribution in [0.5, 0.6) is 0 Å². The molecule has 0 aliphatic carbocycles. The Morgan fingerprint density at radius 3 is 2.56 bits per heavy atom. The predicted octanol–water partition coefficient (Wildman–Crippen LogP) is 4.39. The van der Waals surface area contributed by atoms with E-state index in [1.165, 1.54) is 17.4 Å². The molecule has 2 aliphatic rings. The number of nitrogens with zero attached hydrogens (tertiary/aromatic N) is 4. The molecule has 10 heteroatoms. The number of hydrogen-bond acceptors (Lipinski definition) is 5. The van der Waals surface area contributed by atoms with Gasteiger partial charge in [-0.25, -0.2) is 9.50 Å². The number of piperidine rings is 1. The molecule has 1 N–H and O–H groups in total. The van der Waals surface area contributed by atoms with Crippen molar-refractivity contribution in [1.29, 1.82) is 0 Å². The summed E-state index contributed by atoms with van der Waals surface area (Å²) < 4.78 is 42.1. The van der Waals surface area contributed by atoms with Crippen LogP contribution < -0.4 is 5.32 Å². The third-order valence-electron chi connectivity index (χ3n) is 6.65. The molecule has 2 fully saturated rings. The first-order chi connectivity index (χ1) is 15.2. The molecule has 1 amide bonds. The Balaban J connectivity index is 1.46. The minimum Gasteiger partial charge on any atom is -0.348 e. The summed E-state index contributed by atoms with van der Waals surface area (Å²) in [5.41, 5.74) is -0.754. The first-order valence-corrected chi connectivity index (χ1v) is 11.6. The van der Waals surface area contributed by atoms with E-state index in [1.54, 1.807) is 6.07 Å². The number of thiophene rings is 1. The highest BCUT2D eigenvalue weighted by atomic mass is 32.1. The molecule has 0 saturated carbocycles. The van der Waals surface area contributed by atoms with Crippen molar-refractivity contribution in [2.24, 2.45) is 0 Å². The summed E-state index contributed by atoms with van der Waals surface area (Å²) in [7, 11) is 2.11. The van der Waals surface area contributed by atoms with E-state index in [4.69, 9.17) is 0 Å². The van der Waals surface area contributed by atoms with E-state index in [9.17, 15) is 18.0 Å². The summed E-state index contributed by atoms with van der Waals surface area (Å²) >= 11 is 1.41. The highest BCUT2D eigenvalue weighted by Gasteiger charge is 2.39. The monoisotopic (exact) mass is 463 g/mol. The number of carbonyl (C=O) groups excluding carboxylic acids is 1. The maximum Gasteiger partial charge on any atom is 0.433 e. The molecular formula is C22H24F3N5OS. The zero-order chi connectivity index (χ0) is 22.6. The molecule has 0 radical (unpaired) electrons. The third-order valence-corrected chi connectivity index (χ3v) is 7.90. The van der Waals surface area contributed by atoms with Crippen molar-refractivity contribution in [3.05, 3.63) is 40.5 Å². The van der Waals surface area contributed by atoms with Crippen LogP contribution in [0.2, 0.25) is 0 Å². The van der Waals surface area contributed by atoms with Crippen LogP contribution in [-0.4, -0.2) is 50.6 Å². The fraction of sp³-hybridized carbons (Fsp3) is 0.500. The Kier molecular flexibility index (Phi) is 5.24. The molecule has 2 bridgehead atoms. The second kappa shape index (κ2) is 7.84. The Hall–Kier alpha value is -2.46. The van der Waals surface area contributed by atoms with E-state index in [0.717, 1.165) is 47.6 Å². The van der Waals surface area contributed by atoms with Gasteiger partial charge in [0.15, 0.2) is 17.0 Å². The molecule has 0 spiro atoms. The highest BCUT2D eigenvalue weighted by Crippen LogP contribution is 2.36. The lowest BCUT2D eigenvalue weighted by atomic mass is 9.98. The number of aromatic nitrogens is 3. The van der Waals surface area contributed by atoms with Crippen molar-refractivity contribution in [1.82, 2.24) is 24.8 Å². The maximum atomic E-state index is 13.8. The van der Waals surface area contributed by atoms with Crippen LogP contribution in [0, 0.1) is 0 Å². The zero-order valence-electron chi connectivity index (χ0n) is 17.8. The number of halogens is 3. The molecule has 5 rings (SSSR count). The molecule has 0 aromatic carbocycles. The van der Waals surface area contributed by atoms with Gasteiger partial charge in [0.05, 0.1) is 10.6 Å². The number of alkyl halides is 3. The molecule has 5 heterocycles. The van der Waals surface area contributed by atoms with Crippen LogP contribution in [-0.2, 0) is 12.6 Å². The zero-order valence-corrected chi connectivity index (χ0v) is 18.6. The Morgan fingerprint density at radius 1 is 1.22 bits per heavy atom. The van der Waals surface area contributed by atoms with Crippen LogP contribution in [0.4, 0.5) is 13.2 Å². The molecule has 32 heavy (non-hydrogen) atoms. The standard InChI is InChI=1S/C22H24F3N5OS/c1-3-15-6-7-18(32-15)16-10-19(22(23,24)25)30-20(27-16)11-17(28-30)21(31)26-12-8-13-4-5-14(9-12)29(13)2/h6-7,10-14H,3-5,8-9H2,1-2H3,(H,26,31)/t12?,13-,14+. The van der Waals surface area contributed by atoms with Crippen LogP contribution in [0.15, 0.2) is 24.3 Å². The Bertz CT molecular complexity index is 1160. The first-order valence-electron chi connectivity index (χ1n) is 10.8. The number of fused-ring (bicyclic) bond motifs is 3. The average Bonchev–Trinajstić information content (AvgIpc) is 3.43. The highest BCUT2D eigenvalue weighted by molar-refractivity contribution is 7.15. The summed E-state index contributed by atoms with van der Waals surface area (Å²) in [5.74, 6) is -0.455. The minimum atomic E-state index is -4.63. The summed E-state index contributed by atoms with van der Waals surface area (Å²) in [6, 6.07) is 6.91. The molecule has 3 aromatic rings. The summed E-state index contributed by atoms with van der Waals surface area (Å²) in [4.78, 5) is 21.3. The van der Waals surface area contributed by atoms with Gasteiger partial charge in [-0.05, 0) is 57.4 Å². The van der Waals surface area contributed by atoms with Gasteiger partial charge in [0.2, 0.25) is 0 Å². The summed E-state index contributed by atoms with van der Waals surface area (Å²) in [6.07, 6.45) is 0.0985. The number of carbonyl (C=O) groups is 1. The van der Waals surface area contributed by atoms with Gasteiger partial charge in [-0.2, -0.15) is 18.3 Å². The molecule has 3 atom stereocenters. The lowest BCUT2D eigenvalue weighted by Crippen LogP contribution is -2.48. The summed E-state index contributed by atoms with van der Waals surface area (Å²) in [6.45, 7) is 1.99. The number of rotatable bonds is 4. The Morgan fingerprint density at radius 2 is 1.94 bits per heavy atom. The molecule has 2 aliphatic heterocycles. The van der Waals surface area contributed by atoms with E-state index >= 15 is 0 Å². The van der Waals surface area contributed by atoms with Gasteiger partial charge in [0, 0.05) is 29.1 Å². The Labute approximate surface area is 187 Å². The molecule has 2 saturated heterocycles. The van der Waals surface area contributed by atoms with Crippen LogP contribution in [0.25, 0.3) is 16.2 Å². The molecule has 6 nitrogen and oxygen atoms in total. The summed E-state index contributed by atoms with van der Waals surface area (Å²) in [5, 5.41) is 6.97. The fourth-order valence-corrected chi connectivity index (χ4v) is 5.82. The van der Waals surface area contributed by atoms with E-state index in [1.807, 2.05) is 13.0 Å². The van der Waals surface area contributed by atoms with Gasteiger partial charge in [0.1, 0.15) is 0 Å². The van der Waals surface area contributed by atoms with Gasteiger partial charge < -0.3 is 10.2 Å². The smallest absolute Gasteiger partial charge is 0.348 e. The van der Waals surface area contributed by atoms with Crippen molar-refractivity contribution < 1.29 is 18.0 Å². The minimum absolute atomic E-state index is 0.00482. The van der Waals surface area contributed by atoms with Crippen molar-refractivity contribution in [3.63, 3.8) is 0 Å². The van der Waals surface area contributed by atoms with E-state index < -0.39 is 17.8 Å². The molecule has 1 unspecified atom stereocenters. The second-order valence-corrected chi connectivity index (χ2v) is 9.80. The van der Waals surface area contributed by atoms with E-state index in [2.05, 4.69) is 27.3 Å². The lowest BCUT2D eigenvalue weighted by molar-refractivity contribution is -0.142. The van der Waals surface area contributed by atoms with Crippen molar-refractivity contribution in [2.45, 2.75) is 63.3 Å². The quantitative estimate of drug-likeness (QED) is 0.623. The number of hydrogen-bond donors (Lipinski definition) is 1. The van der Waals surface area contributed by atoms with Gasteiger partial charge in [-0.15, -0.1) is 11.3 Å². The first kappa shape index (κ1) is 21.4. The number of aryl methyl sites for hydroxylation is 1. The molecule has 3 aromatic heterocycles. The number of amides is 1. The lowest BCUT2D eigenvalue weighted by Gasteiger charge is -2.36. The van der Waals surface area contributed by atoms with Gasteiger partial charge in [-0.3, -0.25) is 4.79 Å². The van der Waals surface area contributed by atoms with Gasteiger partial charge in [-0.1, -0.05) is 6.92 Å². The van der Waals surface area contributed by atoms with Gasteiger partial charge >= 0.3 is 6.18 Å². The average molecular weight is 464 g/mol. The van der Waals surface area contributed by atoms with Gasteiger partial charge in [0.25, 0.3) is 5.91 Å². The maximum absolute atomic E-state index is 13.8. The number of nitrogens with one attached hydrogen (secondary N) is 1. The fourth-order valence-electron chi connectivity index (χ4n) is 4.91. The third kappa shape index (κ3) is 3.79. The molecule has 170 valence electrons. The predicted molar refractivity (Wildman–Crippen MR) is 116 cm³/mol. The van der Waals surface area contributed by atoms with E-state index in [-0.39, 0.29) is 23.1 Å². The normalized spacial score (nSPS) is 23.7. The second-order valence-electron chi connectivity index (χ2n) is 8.64. The van der Waals surface area contributed by atoms with Crippen LogP contribution >= 0.6 is 11.3 Å². The van der Waals surface area contributed by atoms with Crippen LogP contribution in [0.3, 0.4) is 0 Å². The van der Waals surface area contributed by atoms with E-state index in [0.29, 0.717) is 17.0 Å².